The first-order valence-corrected chi connectivity index (χ1v) is 11.1. The third kappa shape index (κ3) is 4.44. The highest BCUT2D eigenvalue weighted by Crippen LogP contribution is 2.35. The minimum absolute atomic E-state index is 0.140. The number of nitrogens with zero attached hydrogens (tertiary/aromatic N) is 3. The molecule has 8 nitrogen and oxygen atoms in total. The van der Waals surface area contributed by atoms with Gasteiger partial charge in [0.1, 0.15) is 17.0 Å². The van der Waals surface area contributed by atoms with E-state index >= 15 is 0 Å². The first-order chi connectivity index (χ1) is 15.1. The fourth-order valence-electron chi connectivity index (χ4n) is 4.37. The number of H-pyrrole nitrogens is 1. The maximum atomic E-state index is 13.1. The van der Waals surface area contributed by atoms with Crippen molar-refractivity contribution in [1.82, 2.24) is 19.7 Å². The van der Waals surface area contributed by atoms with E-state index in [1.54, 1.807) is 11.8 Å². The maximum Gasteiger partial charge on any atom is 0.262 e. The Hall–Kier alpha value is -2.87. The van der Waals surface area contributed by atoms with E-state index in [9.17, 15) is 4.79 Å². The monoisotopic (exact) mass is 425 g/mol. The zero-order valence-corrected chi connectivity index (χ0v) is 18.5. The van der Waals surface area contributed by atoms with Crippen molar-refractivity contribution < 1.29 is 9.47 Å². The van der Waals surface area contributed by atoms with Crippen molar-refractivity contribution in [2.45, 2.75) is 44.9 Å². The van der Waals surface area contributed by atoms with Crippen LogP contribution in [0, 0.1) is 0 Å². The lowest BCUT2D eigenvalue weighted by Gasteiger charge is -2.19. The second-order valence-electron chi connectivity index (χ2n) is 8.02. The Kier molecular flexibility index (Phi) is 6.56. The van der Waals surface area contributed by atoms with Crippen molar-refractivity contribution in [3.8, 4) is 17.1 Å². The van der Waals surface area contributed by atoms with Gasteiger partial charge in [0.2, 0.25) is 0 Å². The van der Waals surface area contributed by atoms with E-state index in [0.717, 1.165) is 29.8 Å². The van der Waals surface area contributed by atoms with Crippen LogP contribution in [-0.4, -0.2) is 46.6 Å². The molecule has 0 amide bonds. The number of aromatic nitrogens is 4. The predicted octanol–water partition coefficient (Wildman–Crippen LogP) is 3.83. The van der Waals surface area contributed by atoms with Crippen molar-refractivity contribution >= 4 is 16.7 Å². The van der Waals surface area contributed by atoms with E-state index in [1.807, 2.05) is 32.2 Å². The number of hydrogen-bond acceptors (Lipinski definition) is 6. The summed E-state index contributed by atoms with van der Waals surface area (Å²) in [5.74, 6) is 1.49. The summed E-state index contributed by atoms with van der Waals surface area (Å²) >= 11 is 0. The SMILES string of the molecule is CCOc1cc(NCCOC)ccc1-c1nc2c(c(C3CCCCC3)nn2C)c(=O)[nH]1. The van der Waals surface area contributed by atoms with Crippen molar-refractivity contribution in [1.29, 1.82) is 0 Å². The molecule has 8 heteroatoms. The molecular formula is C23H31N5O3. The Morgan fingerprint density at radius 1 is 1.26 bits per heavy atom. The Bertz CT molecular complexity index is 1100. The summed E-state index contributed by atoms with van der Waals surface area (Å²) in [5, 5.41) is 8.63. The van der Waals surface area contributed by atoms with Gasteiger partial charge < -0.3 is 19.8 Å². The van der Waals surface area contributed by atoms with Gasteiger partial charge in [-0.3, -0.25) is 4.79 Å². The fourth-order valence-corrected chi connectivity index (χ4v) is 4.37. The molecule has 0 aliphatic heterocycles. The number of ether oxygens (including phenoxy) is 2. The predicted molar refractivity (Wildman–Crippen MR) is 122 cm³/mol. The van der Waals surface area contributed by atoms with Gasteiger partial charge >= 0.3 is 0 Å². The lowest BCUT2D eigenvalue weighted by atomic mass is 9.86. The number of anilines is 1. The lowest BCUT2D eigenvalue weighted by Crippen LogP contribution is -2.13. The van der Waals surface area contributed by atoms with Gasteiger partial charge in [-0.05, 0) is 31.9 Å². The van der Waals surface area contributed by atoms with Crippen LogP contribution in [0.5, 0.6) is 5.75 Å². The number of hydrogen-bond donors (Lipinski definition) is 2. The van der Waals surface area contributed by atoms with Crippen molar-refractivity contribution in [3.63, 3.8) is 0 Å². The summed E-state index contributed by atoms with van der Waals surface area (Å²) < 4.78 is 12.7. The number of aromatic amines is 1. The molecule has 1 saturated carbocycles. The average molecular weight is 426 g/mol. The van der Waals surface area contributed by atoms with Gasteiger partial charge in [-0.15, -0.1) is 0 Å². The molecule has 0 atom stereocenters. The maximum absolute atomic E-state index is 13.1. The van der Waals surface area contributed by atoms with Crippen LogP contribution in [0.3, 0.4) is 0 Å². The quantitative estimate of drug-likeness (QED) is 0.533. The molecule has 0 radical (unpaired) electrons. The Labute approximate surface area is 182 Å². The Morgan fingerprint density at radius 2 is 2.06 bits per heavy atom. The first-order valence-electron chi connectivity index (χ1n) is 11.1. The minimum Gasteiger partial charge on any atom is -0.493 e. The largest absolute Gasteiger partial charge is 0.493 e. The van der Waals surface area contributed by atoms with E-state index in [4.69, 9.17) is 19.6 Å². The molecule has 2 heterocycles. The van der Waals surface area contributed by atoms with E-state index < -0.39 is 0 Å². The van der Waals surface area contributed by atoms with Gasteiger partial charge in [-0.1, -0.05) is 19.3 Å². The molecule has 2 N–H and O–H groups in total. The van der Waals surface area contributed by atoms with Crippen LogP contribution in [0.1, 0.15) is 50.6 Å². The topological polar surface area (TPSA) is 94.1 Å². The summed E-state index contributed by atoms with van der Waals surface area (Å²) in [6, 6.07) is 5.80. The van der Waals surface area contributed by atoms with Crippen molar-refractivity contribution in [2.24, 2.45) is 7.05 Å². The highest BCUT2D eigenvalue weighted by atomic mass is 16.5. The zero-order chi connectivity index (χ0) is 21.8. The molecule has 1 aliphatic carbocycles. The molecule has 0 saturated heterocycles. The molecule has 4 rings (SSSR count). The Balaban J connectivity index is 1.74. The molecule has 3 aromatic rings. The van der Waals surface area contributed by atoms with Crippen LogP contribution in [-0.2, 0) is 11.8 Å². The third-order valence-electron chi connectivity index (χ3n) is 5.88. The zero-order valence-electron chi connectivity index (χ0n) is 18.5. The van der Waals surface area contributed by atoms with Gasteiger partial charge in [-0.25, -0.2) is 9.67 Å². The van der Waals surface area contributed by atoms with Gasteiger partial charge in [0.15, 0.2) is 5.65 Å². The average Bonchev–Trinajstić information content (AvgIpc) is 3.12. The molecule has 2 aromatic heterocycles. The summed E-state index contributed by atoms with van der Waals surface area (Å²) in [6.07, 6.45) is 5.80. The van der Waals surface area contributed by atoms with E-state index in [2.05, 4.69) is 10.3 Å². The van der Waals surface area contributed by atoms with Crippen LogP contribution in [0.4, 0.5) is 5.69 Å². The summed E-state index contributed by atoms with van der Waals surface area (Å²) in [5.41, 5.74) is 3.04. The minimum atomic E-state index is -0.140. The Morgan fingerprint density at radius 3 is 2.81 bits per heavy atom. The van der Waals surface area contributed by atoms with Crippen LogP contribution < -0.4 is 15.6 Å². The lowest BCUT2D eigenvalue weighted by molar-refractivity contribution is 0.211. The molecule has 0 bridgehead atoms. The molecular weight excluding hydrogens is 394 g/mol. The molecule has 166 valence electrons. The number of fused-ring (bicyclic) bond motifs is 1. The van der Waals surface area contributed by atoms with E-state index in [0.29, 0.717) is 48.3 Å². The van der Waals surface area contributed by atoms with Crippen LogP contribution >= 0.6 is 0 Å². The van der Waals surface area contributed by atoms with Gasteiger partial charge in [0.25, 0.3) is 5.56 Å². The third-order valence-corrected chi connectivity index (χ3v) is 5.88. The normalized spacial score (nSPS) is 14.8. The number of benzene rings is 1. The highest BCUT2D eigenvalue weighted by Gasteiger charge is 2.25. The molecule has 31 heavy (non-hydrogen) atoms. The second-order valence-corrected chi connectivity index (χ2v) is 8.02. The van der Waals surface area contributed by atoms with Crippen LogP contribution in [0.2, 0.25) is 0 Å². The summed E-state index contributed by atoms with van der Waals surface area (Å²) in [6.45, 7) is 3.76. The van der Waals surface area contributed by atoms with E-state index in [1.165, 1.54) is 19.3 Å². The summed E-state index contributed by atoms with van der Waals surface area (Å²) in [7, 11) is 3.53. The van der Waals surface area contributed by atoms with Gasteiger partial charge in [0, 0.05) is 38.4 Å². The molecule has 1 aliphatic rings. The summed E-state index contributed by atoms with van der Waals surface area (Å²) in [4.78, 5) is 20.9. The number of aryl methyl sites for hydroxylation is 1. The number of methoxy groups -OCH3 is 1. The van der Waals surface area contributed by atoms with Crippen molar-refractivity contribution in [2.75, 3.05) is 32.2 Å². The standard InChI is InChI=1S/C23H31N5O3/c1-4-31-18-14-16(24-12-13-30-3)10-11-17(18)21-25-22-19(23(29)26-21)20(27-28(22)2)15-8-6-5-7-9-15/h10-11,14-15,24H,4-9,12-13H2,1-3H3,(H,25,26,29). The van der Waals surface area contributed by atoms with Crippen LogP contribution in [0.25, 0.3) is 22.4 Å². The molecule has 1 fully saturated rings. The molecule has 1 aromatic carbocycles. The smallest absolute Gasteiger partial charge is 0.262 e. The van der Waals surface area contributed by atoms with Crippen LogP contribution in [0.15, 0.2) is 23.0 Å². The fraction of sp³-hybridized carbons (Fsp3) is 0.522. The first kappa shape index (κ1) is 21.4. The number of rotatable bonds is 8. The van der Waals surface area contributed by atoms with E-state index in [-0.39, 0.29) is 5.56 Å². The second kappa shape index (κ2) is 9.51. The number of nitrogens with one attached hydrogen (secondary N) is 2. The van der Waals surface area contributed by atoms with Crippen molar-refractivity contribution in [3.05, 3.63) is 34.2 Å². The molecule has 0 spiro atoms. The van der Waals surface area contributed by atoms with Gasteiger partial charge in [-0.2, -0.15) is 5.10 Å². The van der Waals surface area contributed by atoms with Gasteiger partial charge in [0.05, 0.1) is 24.5 Å². The molecule has 0 unspecified atom stereocenters. The highest BCUT2D eigenvalue weighted by molar-refractivity contribution is 5.81.